The summed E-state index contributed by atoms with van der Waals surface area (Å²) in [7, 11) is 1.40. The Kier molecular flexibility index (Phi) is 5.68. The van der Waals surface area contributed by atoms with Crippen LogP contribution in [0.4, 0.5) is 5.69 Å². The minimum Gasteiger partial charge on any atom is -0.286 e. The van der Waals surface area contributed by atoms with Crippen molar-refractivity contribution in [3.05, 3.63) is 28.7 Å². The van der Waals surface area contributed by atoms with Crippen LogP contribution in [-0.4, -0.2) is 18.7 Å². The number of hydroxylamine groups is 1. The second-order valence-corrected chi connectivity index (χ2v) is 9.12. The van der Waals surface area contributed by atoms with Gasteiger partial charge in [-0.3, -0.25) is 14.2 Å². The van der Waals surface area contributed by atoms with E-state index in [2.05, 4.69) is 15.9 Å². The van der Waals surface area contributed by atoms with Crippen molar-refractivity contribution in [2.75, 3.05) is 12.2 Å². The molecular formula is C10H11BrCl2NO3P. The smallest absolute Gasteiger partial charge is 0.286 e. The first kappa shape index (κ1) is 16.0. The number of nitrogens with zero attached hydrogens (tertiary/aromatic N) is 1. The van der Waals surface area contributed by atoms with Gasteiger partial charge in [0.25, 0.3) is 0 Å². The third-order valence-corrected chi connectivity index (χ3v) is 4.66. The Morgan fingerprint density at radius 3 is 2.28 bits per heavy atom. The molecule has 100 valence electrons. The summed E-state index contributed by atoms with van der Waals surface area (Å²) in [4.78, 5) is 16.9. The van der Waals surface area contributed by atoms with Crippen molar-refractivity contribution in [1.29, 1.82) is 0 Å². The first-order valence-electron chi connectivity index (χ1n) is 4.90. The Bertz CT molecular complexity index is 477. The van der Waals surface area contributed by atoms with Gasteiger partial charge >= 0.3 is 5.85 Å². The molecule has 0 aromatic heterocycles. The minimum absolute atomic E-state index is 0.628. The third kappa shape index (κ3) is 3.97. The van der Waals surface area contributed by atoms with Crippen LogP contribution < -0.4 is 5.06 Å². The maximum Gasteiger partial charge on any atom is 0.318 e. The first-order chi connectivity index (χ1) is 8.27. The molecule has 18 heavy (non-hydrogen) atoms. The normalized spacial score (nSPS) is 13.2. The van der Waals surface area contributed by atoms with Crippen LogP contribution in [0, 0.1) is 0 Å². The second kappa shape index (κ2) is 6.40. The molecule has 0 amide bonds. The standard InChI is InChI=1S/C10H11BrCl2NO3P/c1-7(10(15)18(12,13)16)14(17-2)9-5-3-8(11)4-6-9/h3-7H,1-2H3/t7-/m0/s1. The van der Waals surface area contributed by atoms with E-state index in [1.165, 1.54) is 19.1 Å². The topological polar surface area (TPSA) is 46.6 Å². The Labute approximate surface area is 123 Å². The van der Waals surface area contributed by atoms with E-state index in [9.17, 15) is 9.36 Å². The van der Waals surface area contributed by atoms with Crippen molar-refractivity contribution >= 4 is 55.5 Å². The summed E-state index contributed by atoms with van der Waals surface area (Å²) >= 11 is 14.0. The Hall–Kier alpha value is -0.0600. The fourth-order valence-electron chi connectivity index (χ4n) is 1.39. The molecule has 0 heterocycles. The van der Waals surface area contributed by atoms with Crippen molar-refractivity contribution in [3.8, 4) is 0 Å². The molecule has 0 spiro atoms. The van der Waals surface area contributed by atoms with E-state index in [0.717, 1.165) is 4.47 Å². The molecule has 0 fully saturated rings. The SMILES string of the molecule is CON(c1ccc(Br)cc1)[C@@H](C)C(=O)P(=O)(Cl)Cl. The highest BCUT2D eigenvalue weighted by Crippen LogP contribution is 2.58. The highest BCUT2D eigenvalue weighted by atomic mass is 79.9. The molecular weight excluding hydrogens is 364 g/mol. The summed E-state index contributed by atoms with van der Waals surface area (Å²) in [5, 5.41) is 1.30. The van der Waals surface area contributed by atoms with Gasteiger partial charge in [0.1, 0.15) is 6.04 Å². The maximum absolute atomic E-state index is 11.7. The minimum atomic E-state index is -3.84. The van der Waals surface area contributed by atoms with E-state index in [1.54, 1.807) is 24.3 Å². The maximum atomic E-state index is 11.7. The van der Waals surface area contributed by atoms with Crippen LogP contribution in [-0.2, 0) is 14.2 Å². The summed E-state index contributed by atoms with van der Waals surface area (Å²) in [6.07, 6.45) is 0. The van der Waals surface area contributed by atoms with Gasteiger partial charge in [0.15, 0.2) is 0 Å². The van der Waals surface area contributed by atoms with Crippen molar-refractivity contribution in [3.63, 3.8) is 0 Å². The number of rotatable bonds is 5. The molecule has 1 aromatic rings. The van der Waals surface area contributed by atoms with Crippen molar-refractivity contribution in [1.82, 2.24) is 0 Å². The van der Waals surface area contributed by atoms with Gasteiger partial charge in [0.05, 0.1) is 12.8 Å². The predicted molar refractivity (Wildman–Crippen MR) is 77.4 cm³/mol. The summed E-state index contributed by atoms with van der Waals surface area (Å²) in [5.41, 5.74) is -0.140. The van der Waals surface area contributed by atoms with Crippen molar-refractivity contribution in [2.24, 2.45) is 0 Å². The molecule has 1 aromatic carbocycles. The Balaban J connectivity index is 3.00. The predicted octanol–water partition coefficient (Wildman–Crippen LogP) is 4.40. The van der Waals surface area contributed by atoms with Gasteiger partial charge in [-0.2, -0.15) is 0 Å². The second-order valence-electron chi connectivity index (χ2n) is 3.46. The highest BCUT2D eigenvalue weighted by molar-refractivity contribution is 9.10. The third-order valence-electron chi connectivity index (χ3n) is 2.24. The zero-order chi connectivity index (χ0) is 13.9. The zero-order valence-electron chi connectivity index (χ0n) is 9.64. The highest BCUT2D eigenvalue weighted by Gasteiger charge is 2.35. The summed E-state index contributed by atoms with van der Waals surface area (Å²) in [6, 6.07) is 6.21. The monoisotopic (exact) mass is 373 g/mol. The molecule has 1 atom stereocenters. The van der Waals surface area contributed by atoms with Crippen LogP contribution in [0.5, 0.6) is 0 Å². The molecule has 0 N–H and O–H groups in total. The van der Waals surface area contributed by atoms with Gasteiger partial charge in [0, 0.05) is 4.47 Å². The molecule has 0 radical (unpaired) electrons. The molecule has 4 nitrogen and oxygen atoms in total. The van der Waals surface area contributed by atoms with Crippen LogP contribution in [0.25, 0.3) is 0 Å². The number of carbonyl (C=O) groups is 1. The molecule has 0 saturated carbocycles. The van der Waals surface area contributed by atoms with Gasteiger partial charge in [-0.25, -0.2) is 5.06 Å². The van der Waals surface area contributed by atoms with Crippen molar-refractivity contribution in [2.45, 2.75) is 13.0 Å². The van der Waals surface area contributed by atoms with Crippen LogP contribution in [0.3, 0.4) is 0 Å². The summed E-state index contributed by atoms with van der Waals surface area (Å²) in [5.74, 6) is -3.84. The lowest BCUT2D eigenvalue weighted by molar-refractivity contribution is -0.114. The lowest BCUT2D eigenvalue weighted by atomic mass is 10.3. The molecule has 0 aliphatic carbocycles. The van der Waals surface area contributed by atoms with Gasteiger partial charge < -0.3 is 0 Å². The van der Waals surface area contributed by atoms with Gasteiger partial charge in [-0.1, -0.05) is 15.9 Å². The Morgan fingerprint density at radius 2 is 1.89 bits per heavy atom. The molecule has 0 unspecified atom stereocenters. The molecule has 8 heteroatoms. The summed E-state index contributed by atoms with van der Waals surface area (Å²) in [6.45, 7) is 1.52. The lowest BCUT2D eigenvalue weighted by Crippen LogP contribution is -2.37. The fourth-order valence-corrected chi connectivity index (χ4v) is 3.04. The van der Waals surface area contributed by atoms with E-state index >= 15 is 0 Å². The number of halogens is 3. The Morgan fingerprint density at radius 1 is 1.39 bits per heavy atom. The van der Waals surface area contributed by atoms with E-state index in [0.29, 0.717) is 5.69 Å². The van der Waals surface area contributed by atoms with Crippen molar-refractivity contribution < 1.29 is 14.2 Å². The van der Waals surface area contributed by atoms with Gasteiger partial charge in [-0.15, -0.1) is 0 Å². The number of hydrogen-bond donors (Lipinski definition) is 0. The van der Waals surface area contributed by atoms with Gasteiger partial charge in [-0.05, 0) is 53.7 Å². The van der Waals surface area contributed by atoms with E-state index in [4.69, 9.17) is 27.3 Å². The lowest BCUT2D eigenvalue weighted by Gasteiger charge is -2.27. The quantitative estimate of drug-likeness (QED) is 0.566. The number of hydrogen-bond acceptors (Lipinski definition) is 4. The van der Waals surface area contributed by atoms with Gasteiger partial charge in [0.2, 0.25) is 5.52 Å². The fraction of sp³-hybridized carbons (Fsp3) is 0.300. The zero-order valence-corrected chi connectivity index (χ0v) is 13.6. The number of benzene rings is 1. The molecule has 0 bridgehead atoms. The van der Waals surface area contributed by atoms with Crippen LogP contribution >= 0.6 is 44.3 Å². The van der Waals surface area contributed by atoms with E-state index in [1.807, 2.05) is 0 Å². The van der Waals surface area contributed by atoms with Crippen LogP contribution in [0.15, 0.2) is 28.7 Å². The van der Waals surface area contributed by atoms with Crippen LogP contribution in [0.2, 0.25) is 0 Å². The number of anilines is 1. The average molecular weight is 375 g/mol. The number of carbonyl (C=O) groups excluding carboxylic acids is 1. The molecule has 1 rings (SSSR count). The largest absolute Gasteiger partial charge is 0.318 e. The van der Waals surface area contributed by atoms with E-state index in [-0.39, 0.29) is 0 Å². The van der Waals surface area contributed by atoms with Crippen LogP contribution in [0.1, 0.15) is 6.92 Å². The first-order valence-corrected chi connectivity index (χ1v) is 9.21. The average Bonchev–Trinajstić information content (AvgIpc) is 2.30. The summed E-state index contributed by atoms with van der Waals surface area (Å²) < 4.78 is 12.2. The molecule has 0 aliphatic heterocycles. The molecule has 0 saturated heterocycles. The molecule has 0 aliphatic rings. The van der Waals surface area contributed by atoms with E-state index < -0.39 is 17.4 Å².